The predicted molar refractivity (Wildman–Crippen MR) is 120 cm³/mol. The fourth-order valence-electron chi connectivity index (χ4n) is 3.79. The van der Waals surface area contributed by atoms with Gasteiger partial charge < -0.3 is 14.5 Å². The van der Waals surface area contributed by atoms with Gasteiger partial charge >= 0.3 is 6.01 Å². The molecule has 1 fully saturated rings. The van der Waals surface area contributed by atoms with Crippen LogP contribution in [0, 0.1) is 0 Å². The summed E-state index contributed by atoms with van der Waals surface area (Å²) in [5.74, 6) is 1.36. The van der Waals surface area contributed by atoms with Crippen molar-refractivity contribution in [3.05, 3.63) is 71.8 Å². The van der Waals surface area contributed by atoms with Crippen LogP contribution in [0.15, 0.2) is 60.7 Å². The minimum absolute atomic E-state index is 0.366. The first-order valence-corrected chi connectivity index (χ1v) is 10.7. The average molecular weight is 404 g/mol. The smallest absolute Gasteiger partial charge is 0.322 e. The van der Waals surface area contributed by atoms with Gasteiger partial charge in [0.05, 0.1) is 7.11 Å². The van der Waals surface area contributed by atoms with Crippen LogP contribution in [-0.2, 0) is 13.1 Å². The molecule has 6 heteroatoms. The summed E-state index contributed by atoms with van der Waals surface area (Å²) >= 11 is 0. The van der Waals surface area contributed by atoms with Crippen molar-refractivity contribution in [3.63, 3.8) is 0 Å². The summed E-state index contributed by atoms with van der Waals surface area (Å²) < 4.78 is 5.45. The van der Waals surface area contributed by atoms with E-state index >= 15 is 0 Å². The summed E-state index contributed by atoms with van der Waals surface area (Å²) in [4.78, 5) is 18.5. The Morgan fingerprint density at radius 1 is 0.767 bits per heavy atom. The van der Waals surface area contributed by atoms with Crippen LogP contribution in [-0.4, -0.2) is 35.2 Å². The maximum absolute atomic E-state index is 5.45. The van der Waals surface area contributed by atoms with Crippen molar-refractivity contribution in [1.29, 1.82) is 0 Å². The second-order valence-electron chi connectivity index (χ2n) is 7.65. The van der Waals surface area contributed by atoms with Crippen LogP contribution in [0.4, 0.5) is 11.9 Å². The Balaban J connectivity index is 1.68. The summed E-state index contributed by atoms with van der Waals surface area (Å²) in [6.45, 7) is 3.37. The highest BCUT2D eigenvalue weighted by Crippen LogP contribution is 2.23. The molecule has 0 saturated carbocycles. The van der Waals surface area contributed by atoms with Gasteiger partial charge in [0, 0.05) is 26.2 Å². The maximum Gasteiger partial charge on any atom is 0.322 e. The molecular formula is C24H29N5O. The fraction of sp³-hybridized carbons (Fsp3) is 0.375. The Morgan fingerprint density at radius 3 is 1.87 bits per heavy atom. The van der Waals surface area contributed by atoms with Crippen LogP contribution in [0.2, 0.25) is 0 Å². The van der Waals surface area contributed by atoms with Gasteiger partial charge in [0.25, 0.3) is 0 Å². The second kappa shape index (κ2) is 10.1. The van der Waals surface area contributed by atoms with Gasteiger partial charge in [0.1, 0.15) is 0 Å². The van der Waals surface area contributed by atoms with Gasteiger partial charge in [-0.25, -0.2) is 0 Å². The SMILES string of the molecule is COc1nc(N2CCCCCC2)nc(N(Cc2ccccc2)Cc2ccccc2)n1. The zero-order chi connectivity index (χ0) is 20.6. The van der Waals surface area contributed by atoms with Gasteiger partial charge in [-0.05, 0) is 24.0 Å². The molecule has 1 aromatic heterocycles. The van der Waals surface area contributed by atoms with Crippen molar-refractivity contribution in [2.45, 2.75) is 38.8 Å². The number of aromatic nitrogens is 3. The van der Waals surface area contributed by atoms with Crippen molar-refractivity contribution >= 4 is 11.9 Å². The Labute approximate surface area is 178 Å². The van der Waals surface area contributed by atoms with Crippen molar-refractivity contribution in [1.82, 2.24) is 15.0 Å². The summed E-state index contributed by atoms with van der Waals surface area (Å²) in [6.07, 6.45) is 4.86. The van der Waals surface area contributed by atoms with E-state index in [1.165, 1.54) is 36.8 Å². The molecule has 0 radical (unpaired) electrons. The molecule has 1 saturated heterocycles. The van der Waals surface area contributed by atoms with E-state index in [1.54, 1.807) is 7.11 Å². The molecule has 4 rings (SSSR count). The number of hydrogen-bond acceptors (Lipinski definition) is 6. The molecule has 3 aromatic rings. The third-order valence-electron chi connectivity index (χ3n) is 5.38. The van der Waals surface area contributed by atoms with E-state index in [0.717, 1.165) is 13.1 Å². The van der Waals surface area contributed by atoms with Crippen LogP contribution < -0.4 is 14.5 Å². The molecule has 0 atom stereocenters. The van der Waals surface area contributed by atoms with Crippen LogP contribution >= 0.6 is 0 Å². The van der Waals surface area contributed by atoms with E-state index in [0.29, 0.717) is 31.0 Å². The summed E-state index contributed by atoms with van der Waals surface area (Å²) in [5, 5.41) is 0. The van der Waals surface area contributed by atoms with Crippen molar-refractivity contribution in [2.75, 3.05) is 30.0 Å². The summed E-state index contributed by atoms with van der Waals surface area (Å²) in [5.41, 5.74) is 2.42. The Bertz CT molecular complexity index is 870. The van der Waals surface area contributed by atoms with Crippen LogP contribution in [0.25, 0.3) is 0 Å². The number of anilines is 2. The number of rotatable bonds is 7. The highest BCUT2D eigenvalue weighted by Gasteiger charge is 2.19. The lowest BCUT2D eigenvalue weighted by Crippen LogP contribution is -2.29. The van der Waals surface area contributed by atoms with Crippen LogP contribution in [0.1, 0.15) is 36.8 Å². The summed E-state index contributed by atoms with van der Waals surface area (Å²) in [7, 11) is 1.62. The second-order valence-corrected chi connectivity index (χ2v) is 7.65. The van der Waals surface area contributed by atoms with Crippen molar-refractivity contribution in [2.24, 2.45) is 0 Å². The molecule has 0 aliphatic carbocycles. The van der Waals surface area contributed by atoms with Gasteiger partial charge in [0.15, 0.2) is 0 Å². The molecule has 0 amide bonds. The molecule has 2 aromatic carbocycles. The Hall–Kier alpha value is -3.15. The number of hydrogen-bond donors (Lipinski definition) is 0. The predicted octanol–water partition coefficient (Wildman–Crippen LogP) is 4.47. The van der Waals surface area contributed by atoms with Gasteiger partial charge in [-0.2, -0.15) is 15.0 Å². The number of nitrogens with zero attached hydrogens (tertiary/aromatic N) is 5. The third-order valence-corrected chi connectivity index (χ3v) is 5.38. The number of benzene rings is 2. The highest BCUT2D eigenvalue weighted by molar-refractivity contribution is 5.42. The Kier molecular flexibility index (Phi) is 6.75. The van der Waals surface area contributed by atoms with Gasteiger partial charge in [-0.15, -0.1) is 0 Å². The van der Waals surface area contributed by atoms with Crippen LogP contribution in [0.5, 0.6) is 6.01 Å². The fourth-order valence-corrected chi connectivity index (χ4v) is 3.79. The molecule has 0 spiro atoms. The first kappa shape index (κ1) is 20.1. The van der Waals surface area contributed by atoms with Crippen LogP contribution in [0.3, 0.4) is 0 Å². The molecule has 2 heterocycles. The highest BCUT2D eigenvalue weighted by atomic mass is 16.5. The molecule has 6 nitrogen and oxygen atoms in total. The van der Waals surface area contributed by atoms with Gasteiger partial charge in [0.2, 0.25) is 11.9 Å². The van der Waals surface area contributed by atoms with Crippen molar-refractivity contribution in [3.8, 4) is 6.01 Å². The minimum Gasteiger partial charge on any atom is -0.467 e. The van der Waals surface area contributed by atoms with Gasteiger partial charge in [-0.1, -0.05) is 73.5 Å². The van der Waals surface area contributed by atoms with E-state index in [2.05, 4.69) is 68.3 Å². The number of methoxy groups -OCH3 is 1. The van der Waals surface area contributed by atoms with Crippen molar-refractivity contribution < 1.29 is 4.74 Å². The lowest BCUT2D eigenvalue weighted by Gasteiger charge is -2.26. The lowest BCUT2D eigenvalue weighted by atomic mass is 10.2. The largest absolute Gasteiger partial charge is 0.467 e. The van der Waals surface area contributed by atoms with Gasteiger partial charge in [-0.3, -0.25) is 0 Å². The summed E-state index contributed by atoms with van der Waals surface area (Å²) in [6, 6.07) is 21.2. The molecule has 0 bridgehead atoms. The lowest BCUT2D eigenvalue weighted by molar-refractivity contribution is 0.377. The molecule has 30 heavy (non-hydrogen) atoms. The third kappa shape index (κ3) is 5.26. The van der Waals surface area contributed by atoms with E-state index in [-0.39, 0.29) is 0 Å². The van der Waals surface area contributed by atoms with E-state index < -0.39 is 0 Å². The Morgan fingerprint density at radius 2 is 1.33 bits per heavy atom. The molecule has 0 unspecified atom stereocenters. The molecule has 1 aliphatic heterocycles. The average Bonchev–Trinajstić information content (AvgIpc) is 3.09. The first-order chi connectivity index (χ1) is 14.8. The molecular weight excluding hydrogens is 374 g/mol. The van der Waals surface area contributed by atoms with E-state index in [9.17, 15) is 0 Å². The number of ether oxygens (including phenoxy) is 1. The maximum atomic E-state index is 5.45. The monoisotopic (exact) mass is 403 g/mol. The minimum atomic E-state index is 0.366. The zero-order valence-electron chi connectivity index (χ0n) is 17.6. The van der Waals surface area contributed by atoms with E-state index in [1.807, 2.05) is 12.1 Å². The topological polar surface area (TPSA) is 54.4 Å². The normalized spacial score (nSPS) is 14.2. The quantitative estimate of drug-likeness (QED) is 0.580. The zero-order valence-corrected chi connectivity index (χ0v) is 17.6. The molecule has 0 N–H and O–H groups in total. The standard InChI is InChI=1S/C24H29N5O/c1-30-24-26-22(28-16-10-2-3-11-17-28)25-23(27-24)29(18-20-12-6-4-7-13-20)19-21-14-8-5-9-15-21/h4-9,12-15H,2-3,10-11,16-19H2,1H3. The van der Waals surface area contributed by atoms with E-state index in [4.69, 9.17) is 9.72 Å². The molecule has 156 valence electrons. The first-order valence-electron chi connectivity index (χ1n) is 10.7. The molecule has 1 aliphatic rings.